The van der Waals surface area contributed by atoms with Crippen LogP contribution in [-0.4, -0.2) is 28.3 Å². The molecule has 0 saturated carbocycles. The van der Waals surface area contributed by atoms with Crippen molar-refractivity contribution in [1.82, 2.24) is 15.3 Å². The maximum atomic E-state index is 4.69. The molecule has 4 nitrogen and oxygen atoms in total. The van der Waals surface area contributed by atoms with E-state index < -0.39 is 0 Å². The summed E-state index contributed by atoms with van der Waals surface area (Å²) in [6.45, 7) is 9.10. The number of hydrogen-bond acceptors (Lipinski definition) is 3. The molecule has 1 radical (unpaired) electrons. The van der Waals surface area contributed by atoms with Gasteiger partial charge >= 0.3 is 0 Å². The van der Waals surface area contributed by atoms with E-state index in [1.54, 1.807) is 0 Å². The third-order valence-corrected chi connectivity index (χ3v) is 6.34. The number of aromatic amines is 1. The molecular formula is C27H28N4Y-2. The summed E-state index contributed by atoms with van der Waals surface area (Å²) in [6.07, 6.45) is 8.06. The maximum absolute atomic E-state index is 4.69. The van der Waals surface area contributed by atoms with Gasteiger partial charge in [-0.05, 0) is 47.2 Å². The Balaban J connectivity index is 0.00000245. The molecule has 2 aromatic carbocycles. The quantitative estimate of drug-likeness (QED) is 0.422. The third kappa shape index (κ3) is 4.88. The van der Waals surface area contributed by atoms with Crippen LogP contribution in [0.25, 0.3) is 28.0 Å². The molecule has 0 spiro atoms. The van der Waals surface area contributed by atoms with Crippen molar-refractivity contribution in [2.24, 2.45) is 4.99 Å². The number of aromatic nitrogens is 2. The maximum Gasteiger partial charge on any atom is 0.0763 e. The number of rotatable bonds is 6. The Kier molecular flexibility index (Phi) is 7.55. The van der Waals surface area contributed by atoms with E-state index in [9.17, 15) is 0 Å². The summed E-state index contributed by atoms with van der Waals surface area (Å²) in [5, 5.41) is 3.55. The summed E-state index contributed by atoms with van der Waals surface area (Å²) >= 11 is 0. The number of nitrogens with one attached hydrogen (secondary N) is 2. The molecule has 5 rings (SSSR count). The molecule has 0 amide bonds. The molecule has 5 heteroatoms. The summed E-state index contributed by atoms with van der Waals surface area (Å²) in [4.78, 5) is 12.5. The molecule has 0 aliphatic carbocycles. The van der Waals surface area contributed by atoms with Gasteiger partial charge in [0.25, 0.3) is 0 Å². The largest absolute Gasteiger partial charge is 0.345 e. The van der Waals surface area contributed by atoms with E-state index in [1.807, 2.05) is 12.4 Å². The first kappa shape index (κ1) is 23.3. The second kappa shape index (κ2) is 10.4. The fourth-order valence-electron chi connectivity index (χ4n) is 4.35. The summed E-state index contributed by atoms with van der Waals surface area (Å²) in [5.74, 6) is 0.985. The van der Waals surface area contributed by atoms with Crippen molar-refractivity contribution in [1.29, 1.82) is 0 Å². The van der Waals surface area contributed by atoms with Crippen LogP contribution in [0.3, 0.4) is 0 Å². The van der Waals surface area contributed by atoms with E-state index in [1.165, 1.54) is 40.8 Å². The van der Waals surface area contributed by atoms with Gasteiger partial charge in [0.1, 0.15) is 0 Å². The Morgan fingerprint density at radius 1 is 0.969 bits per heavy atom. The molecule has 1 aromatic heterocycles. The molecule has 1 saturated heterocycles. The Bertz CT molecular complexity index is 1100. The molecule has 2 atom stereocenters. The van der Waals surface area contributed by atoms with Crippen LogP contribution in [0.15, 0.2) is 65.9 Å². The van der Waals surface area contributed by atoms with Crippen molar-refractivity contribution in [3.05, 3.63) is 86.2 Å². The average Bonchev–Trinajstić information content (AvgIpc) is 3.60. The van der Waals surface area contributed by atoms with Crippen LogP contribution in [0.4, 0.5) is 0 Å². The second-order valence-electron chi connectivity index (χ2n) is 8.42. The molecule has 1 fully saturated rings. The van der Waals surface area contributed by atoms with Gasteiger partial charge in [-0.1, -0.05) is 48.5 Å². The zero-order chi connectivity index (χ0) is 21.2. The van der Waals surface area contributed by atoms with Gasteiger partial charge < -0.3 is 24.1 Å². The van der Waals surface area contributed by atoms with Crippen molar-refractivity contribution in [2.75, 3.05) is 6.54 Å². The van der Waals surface area contributed by atoms with Gasteiger partial charge in [0.2, 0.25) is 0 Å². The van der Waals surface area contributed by atoms with Crippen LogP contribution < -0.4 is 5.32 Å². The topological polar surface area (TPSA) is 53.1 Å². The van der Waals surface area contributed by atoms with E-state index in [-0.39, 0.29) is 38.6 Å². The molecule has 3 aromatic rings. The Labute approximate surface area is 215 Å². The Morgan fingerprint density at radius 2 is 1.62 bits per heavy atom. The molecule has 2 unspecified atom stereocenters. The van der Waals surface area contributed by atoms with Gasteiger partial charge in [-0.3, -0.25) is 4.99 Å². The first-order chi connectivity index (χ1) is 15.2. The molecule has 0 bridgehead atoms. The van der Waals surface area contributed by atoms with E-state index >= 15 is 0 Å². The Morgan fingerprint density at radius 3 is 2.25 bits per heavy atom. The van der Waals surface area contributed by atoms with E-state index in [0.29, 0.717) is 6.04 Å². The van der Waals surface area contributed by atoms with Gasteiger partial charge in [-0.2, -0.15) is 6.42 Å². The first-order valence-corrected chi connectivity index (χ1v) is 11.1. The minimum absolute atomic E-state index is 0. The standard InChI is InChI=1S/C27H28N4.Y/c1-3-18(2)27-30-17-26(31-27)22-12-10-20(11-13-22)19-6-8-21(9-7-19)23-15-25(29-16-23)24-5-4-14-28-24;/h6-13,16-18,24,28H,1-5,14-15H2,(H,30,31);/q-2;. The number of allylic oxidation sites excluding steroid dienone is 1. The van der Waals surface area contributed by atoms with Crippen molar-refractivity contribution in [3.63, 3.8) is 0 Å². The van der Waals surface area contributed by atoms with E-state index in [0.717, 1.165) is 36.5 Å². The third-order valence-electron chi connectivity index (χ3n) is 6.34. The van der Waals surface area contributed by atoms with Gasteiger partial charge in [0, 0.05) is 57.1 Å². The predicted octanol–water partition coefficient (Wildman–Crippen LogP) is 5.82. The second-order valence-corrected chi connectivity index (χ2v) is 8.42. The van der Waals surface area contributed by atoms with Gasteiger partial charge in [0.05, 0.1) is 17.7 Å². The van der Waals surface area contributed by atoms with E-state index in [4.69, 9.17) is 0 Å². The summed E-state index contributed by atoms with van der Waals surface area (Å²) in [7, 11) is 0. The number of hydrogen-bond donors (Lipinski definition) is 2. The van der Waals surface area contributed by atoms with Crippen LogP contribution >= 0.6 is 0 Å². The normalized spacial score (nSPS) is 18.8. The molecule has 2 aliphatic rings. The van der Waals surface area contributed by atoms with Crippen LogP contribution in [0.5, 0.6) is 0 Å². The van der Waals surface area contributed by atoms with Crippen molar-refractivity contribution in [2.45, 2.75) is 37.6 Å². The fraction of sp³-hybridized carbons (Fsp3) is 0.259. The van der Waals surface area contributed by atoms with Gasteiger partial charge in [-0.25, -0.2) is 4.98 Å². The number of benzene rings is 2. The number of nitrogens with zero attached hydrogens (tertiary/aromatic N) is 2. The van der Waals surface area contributed by atoms with Crippen LogP contribution in [-0.2, 0) is 32.7 Å². The van der Waals surface area contributed by atoms with Crippen molar-refractivity contribution < 1.29 is 32.7 Å². The molecule has 161 valence electrons. The molecule has 3 heterocycles. The number of H-pyrrole nitrogens is 1. The zero-order valence-electron chi connectivity index (χ0n) is 18.3. The number of imidazole rings is 1. The van der Waals surface area contributed by atoms with Crippen molar-refractivity contribution in [3.8, 4) is 22.4 Å². The summed E-state index contributed by atoms with van der Waals surface area (Å²) in [6, 6.07) is 17.9. The first-order valence-electron chi connectivity index (χ1n) is 11.1. The van der Waals surface area contributed by atoms with Crippen LogP contribution in [0.2, 0.25) is 0 Å². The van der Waals surface area contributed by atoms with Crippen LogP contribution in [0, 0.1) is 13.8 Å². The fourth-order valence-corrected chi connectivity index (χ4v) is 4.35. The average molecular weight is 497 g/mol. The predicted molar refractivity (Wildman–Crippen MR) is 129 cm³/mol. The molecule has 2 aliphatic heterocycles. The monoisotopic (exact) mass is 497 g/mol. The van der Waals surface area contributed by atoms with Gasteiger partial charge in [0.15, 0.2) is 0 Å². The van der Waals surface area contributed by atoms with E-state index in [2.05, 4.69) is 82.7 Å². The number of aliphatic imine (C=N–C) groups is 1. The summed E-state index contributed by atoms with van der Waals surface area (Å²) < 4.78 is 0. The minimum atomic E-state index is 0. The van der Waals surface area contributed by atoms with Gasteiger partial charge in [-0.15, -0.1) is 5.92 Å². The Hall–Kier alpha value is -1.88. The smallest absolute Gasteiger partial charge is 0.0763 e. The van der Waals surface area contributed by atoms with Crippen molar-refractivity contribution >= 4 is 11.3 Å². The zero-order valence-corrected chi connectivity index (χ0v) is 21.2. The SMILES string of the molecule is [CH2-]CC([CH2-])c1ncc(-c2ccc(-c3ccc(C4=CN=C(C5CCCN5)C4)cc3)cc2)[nH]1.[Y]. The minimum Gasteiger partial charge on any atom is -0.345 e. The molecule has 2 N–H and O–H groups in total. The summed E-state index contributed by atoms with van der Waals surface area (Å²) in [5.41, 5.74) is 8.41. The molecular weight excluding hydrogens is 469 g/mol. The molecule has 32 heavy (non-hydrogen) atoms. The van der Waals surface area contributed by atoms with Crippen LogP contribution in [0.1, 0.15) is 43.0 Å².